The Labute approximate surface area is 161 Å². The number of hydrogen-bond acceptors (Lipinski definition) is 6. The van der Waals surface area contributed by atoms with E-state index in [9.17, 15) is 13.2 Å². The van der Waals surface area contributed by atoms with Crippen LogP contribution in [-0.2, 0) is 22.1 Å². The number of amides is 1. The molecule has 0 atom stereocenters. The number of rotatable bonds is 6. The zero-order valence-corrected chi connectivity index (χ0v) is 15.9. The predicted molar refractivity (Wildman–Crippen MR) is 99.0 cm³/mol. The van der Waals surface area contributed by atoms with Gasteiger partial charge in [0.25, 0.3) is 5.91 Å². The van der Waals surface area contributed by atoms with Gasteiger partial charge < -0.3 is 9.73 Å². The summed E-state index contributed by atoms with van der Waals surface area (Å²) >= 11 is 6.00. The van der Waals surface area contributed by atoms with Gasteiger partial charge in [-0.25, -0.2) is 8.42 Å². The van der Waals surface area contributed by atoms with Gasteiger partial charge in [-0.3, -0.25) is 4.79 Å². The average Bonchev–Trinajstić information content (AvgIpc) is 3.12. The van der Waals surface area contributed by atoms with Gasteiger partial charge in [0.1, 0.15) is 0 Å². The number of hydrogen-bond donors (Lipinski definition) is 1. The molecule has 7 nitrogen and oxygen atoms in total. The van der Waals surface area contributed by atoms with Crippen molar-refractivity contribution in [3.05, 3.63) is 76.1 Å². The van der Waals surface area contributed by atoms with E-state index >= 15 is 0 Å². The SMILES string of the molecule is Cc1ccc(C(=O)NCc2nnc(S(=O)(=O)Cc3ccccc3Cl)o2)cc1. The highest BCUT2D eigenvalue weighted by Crippen LogP contribution is 2.21. The molecule has 3 aromatic rings. The standard InChI is InChI=1S/C18H16ClN3O4S/c1-12-6-8-13(9-7-12)17(23)20-10-16-21-22-18(26-16)27(24,25)11-14-4-2-3-5-15(14)19/h2-9H,10-11H2,1H3,(H,20,23). The Kier molecular flexibility index (Phi) is 5.57. The normalized spacial score (nSPS) is 11.3. The summed E-state index contributed by atoms with van der Waals surface area (Å²) in [6.07, 6.45) is 0. The molecule has 2 aromatic carbocycles. The third kappa shape index (κ3) is 4.72. The second-order valence-electron chi connectivity index (χ2n) is 5.86. The maximum absolute atomic E-state index is 12.4. The van der Waals surface area contributed by atoms with Crippen molar-refractivity contribution in [2.24, 2.45) is 0 Å². The minimum absolute atomic E-state index is 0.00630. The van der Waals surface area contributed by atoms with E-state index < -0.39 is 15.1 Å². The number of aryl methyl sites for hydroxylation is 1. The molecule has 27 heavy (non-hydrogen) atoms. The largest absolute Gasteiger partial charge is 0.411 e. The summed E-state index contributed by atoms with van der Waals surface area (Å²) in [5.74, 6) is -0.689. The Bertz CT molecular complexity index is 1060. The second kappa shape index (κ2) is 7.89. The van der Waals surface area contributed by atoms with Gasteiger partial charge in [0, 0.05) is 10.6 Å². The summed E-state index contributed by atoms with van der Waals surface area (Å²) < 4.78 is 30.0. The highest BCUT2D eigenvalue weighted by atomic mass is 35.5. The second-order valence-corrected chi connectivity index (χ2v) is 8.14. The number of aromatic nitrogens is 2. The molecule has 3 rings (SSSR count). The maximum Gasteiger partial charge on any atom is 0.335 e. The van der Waals surface area contributed by atoms with Gasteiger partial charge in [0.2, 0.25) is 15.7 Å². The van der Waals surface area contributed by atoms with Crippen molar-refractivity contribution in [3.63, 3.8) is 0 Å². The van der Waals surface area contributed by atoms with E-state index in [0.717, 1.165) is 5.56 Å². The molecule has 1 amide bonds. The van der Waals surface area contributed by atoms with E-state index in [1.54, 1.807) is 36.4 Å². The Hall–Kier alpha value is -2.71. The molecular formula is C18H16ClN3O4S. The molecule has 0 spiro atoms. The lowest BCUT2D eigenvalue weighted by Crippen LogP contribution is -2.22. The Morgan fingerprint density at radius 2 is 1.81 bits per heavy atom. The van der Waals surface area contributed by atoms with Crippen molar-refractivity contribution in [1.29, 1.82) is 0 Å². The Balaban J connectivity index is 1.66. The van der Waals surface area contributed by atoms with Crippen LogP contribution in [0.1, 0.15) is 27.4 Å². The van der Waals surface area contributed by atoms with Gasteiger partial charge in [0.15, 0.2) is 0 Å². The molecule has 0 saturated heterocycles. The maximum atomic E-state index is 12.4. The van der Waals surface area contributed by atoms with Gasteiger partial charge in [0.05, 0.1) is 12.3 Å². The molecule has 0 aliphatic rings. The van der Waals surface area contributed by atoms with Crippen LogP contribution in [0, 0.1) is 6.92 Å². The fourth-order valence-electron chi connectivity index (χ4n) is 2.28. The molecule has 0 bridgehead atoms. The van der Waals surface area contributed by atoms with E-state index in [1.165, 1.54) is 0 Å². The minimum Gasteiger partial charge on any atom is -0.411 e. The molecule has 9 heteroatoms. The topological polar surface area (TPSA) is 102 Å². The minimum atomic E-state index is -3.85. The van der Waals surface area contributed by atoms with Crippen LogP contribution in [0.4, 0.5) is 0 Å². The molecule has 1 heterocycles. The highest BCUT2D eigenvalue weighted by molar-refractivity contribution is 7.90. The van der Waals surface area contributed by atoms with Crippen LogP contribution in [0.3, 0.4) is 0 Å². The molecule has 1 N–H and O–H groups in total. The summed E-state index contributed by atoms with van der Waals surface area (Å²) in [6.45, 7) is 1.84. The van der Waals surface area contributed by atoms with Crippen LogP contribution in [0.15, 0.2) is 58.2 Å². The summed E-state index contributed by atoms with van der Waals surface area (Å²) in [4.78, 5) is 12.1. The van der Waals surface area contributed by atoms with Crippen molar-refractivity contribution in [2.75, 3.05) is 0 Å². The van der Waals surface area contributed by atoms with Crippen LogP contribution in [0.25, 0.3) is 0 Å². The summed E-state index contributed by atoms with van der Waals surface area (Å²) in [6, 6.07) is 13.6. The molecule has 0 radical (unpaired) electrons. The molecule has 140 valence electrons. The quantitative estimate of drug-likeness (QED) is 0.676. The average molecular weight is 406 g/mol. The van der Waals surface area contributed by atoms with Gasteiger partial charge >= 0.3 is 5.22 Å². The van der Waals surface area contributed by atoms with E-state index in [1.807, 2.05) is 19.1 Å². The van der Waals surface area contributed by atoms with Crippen LogP contribution in [-0.4, -0.2) is 24.5 Å². The number of carbonyl (C=O) groups is 1. The first kappa shape index (κ1) is 19.1. The third-order valence-corrected chi connectivity index (χ3v) is 5.49. The number of benzene rings is 2. The molecule has 0 aliphatic heterocycles. The van der Waals surface area contributed by atoms with Crippen LogP contribution >= 0.6 is 11.6 Å². The molecule has 1 aromatic heterocycles. The highest BCUT2D eigenvalue weighted by Gasteiger charge is 2.24. The third-order valence-electron chi connectivity index (χ3n) is 3.73. The van der Waals surface area contributed by atoms with E-state index in [4.69, 9.17) is 16.0 Å². The lowest BCUT2D eigenvalue weighted by atomic mass is 10.1. The summed E-state index contributed by atoms with van der Waals surface area (Å²) in [7, 11) is -3.85. The first-order valence-electron chi connectivity index (χ1n) is 7.98. The van der Waals surface area contributed by atoms with E-state index in [2.05, 4.69) is 15.5 Å². The molecule has 0 fully saturated rings. The number of sulfone groups is 1. The molecule has 0 aliphatic carbocycles. The van der Waals surface area contributed by atoms with Crippen molar-refractivity contribution in [3.8, 4) is 0 Å². The number of carbonyl (C=O) groups excluding carboxylic acids is 1. The molecule has 0 saturated carbocycles. The molecular weight excluding hydrogens is 390 g/mol. The first-order chi connectivity index (χ1) is 12.8. The van der Waals surface area contributed by atoms with Crippen LogP contribution < -0.4 is 5.32 Å². The fourth-order valence-corrected chi connectivity index (χ4v) is 3.73. The first-order valence-corrected chi connectivity index (χ1v) is 10.0. The summed E-state index contributed by atoms with van der Waals surface area (Å²) in [5.41, 5.74) is 1.95. The Morgan fingerprint density at radius 3 is 2.52 bits per heavy atom. The van der Waals surface area contributed by atoms with E-state index in [-0.39, 0.29) is 24.1 Å². The van der Waals surface area contributed by atoms with Gasteiger partial charge in [-0.15, -0.1) is 5.10 Å². The van der Waals surface area contributed by atoms with Crippen LogP contribution in [0.2, 0.25) is 5.02 Å². The van der Waals surface area contributed by atoms with Gasteiger partial charge in [-0.05, 0) is 30.7 Å². The monoisotopic (exact) mass is 405 g/mol. The van der Waals surface area contributed by atoms with Crippen molar-refractivity contribution in [1.82, 2.24) is 15.5 Å². The smallest absolute Gasteiger partial charge is 0.335 e. The summed E-state index contributed by atoms with van der Waals surface area (Å²) in [5, 5.41) is 9.69. The zero-order chi connectivity index (χ0) is 19.4. The van der Waals surface area contributed by atoms with Crippen LogP contribution in [0.5, 0.6) is 0 Å². The van der Waals surface area contributed by atoms with Gasteiger partial charge in [-0.2, -0.15) is 0 Å². The Morgan fingerprint density at radius 1 is 1.11 bits per heavy atom. The lowest BCUT2D eigenvalue weighted by Gasteiger charge is -2.03. The van der Waals surface area contributed by atoms with Crippen molar-refractivity contribution >= 4 is 27.3 Å². The fraction of sp³-hybridized carbons (Fsp3) is 0.167. The lowest BCUT2D eigenvalue weighted by molar-refractivity contribution is 0.0946. The predicted octanol–water partition coefficient (Wildman–Crippen LogP) is 2.94. The zero-order valence-electron chi connectivity index (χ0n) is 14.3. The molecule has 0 unspecified atom stereocenters. The number of nitrogens with one attached hydrogen (secondary N) is 1. The van der Waals surface area contributed by atoms with Crippen molar-refractivity contribution < 1.29 is 17.6 Å². The van der Waals surface area contributed by atoms with Crippen molar-refractivity contribution in [2.45, 2.75) is 24.4 Å². The number of halogens is 1. The number of nitrogens with zero attached hydrogens (tertiary/aromatic N) is 2. The van der Waals surface area contributed by atoms with Gasteiger partial charge in [-0.1, -0.05) is 52.6 Å². The van der Waals surface area contributed by atoms with E-state index in [0.29, 0.717) is 16.1 Å².